The van der Waals surface area contributed by atoms with Crippen molar-refractivity contribution in [2.75, 3.05) is 6.61 Å². The van der Waals surface area contributed by atoms with Crippen LogP contribution in [0.2, 0.25) is 0 Å². The van der Waals surface area contributed by atoms with Crippen LogP contribution in [0.3, 0.4) is 0 Å². The second kappa shape index (κ2) is 5.72. The van der Waals surface area contributed by atoms with E-state index < -0.39 is 0 Å². The molecule has 1 aliphatic rings. The summed E-state index contributed by atoms with van der Waals surface area (Å²) in [7, 11) is 0. The number of pyridine rings is 1. The first kappa shape index (κ1) is 12.6. The number of para-hydroxylation sites is 1. The Balaban J connectivity index is 1.69. The Morgan fingerprint density at radius 3 is 3.00 bits per heavy atom. The number of aromatic nitrogens is 1. The smallest absolute Gasteiger partial charge is 0.124 e. The highest BCUT2D eigenvalue weighted by molar-refractivity contribution is 9.10. The molecule has 0 amide bonds. The average molecular weight is 319 g/mol. The molecule has 3 rings (SSSR count). The summed E-state index contributed by atoms with van der Waals surface area (Å²) in [6.45, 7) is 1.54. The highest BCUT2D eigenvalue weighted by Crippen LogP contribution is 2.31. The molecule has 1 N–H and O–H groups in total. The fourth-order valence-electron chi connectivity index (χ4n) is 2.29. The predicted molar refractivity (Wildman–Crippen MR) is 78.1 cm³/mol. The summed E-state index contributed by atoms with van der Waals surface area (Å²) in [4.78, 5) is 4.38. The maximum atomic E-state index is 5.66. The van der Waals surface area contributed by atoms with Gasteiger partial charge in [0.1, 0.15) is 5.75 Å². The van der Waals surface area contributed by atoms with Crippen LogP contribution in [0.4, 0.5) is 0 Å². The third-order valence-electron chi connectivity index (χ3n) is 3.28. The Bertz CT molecular complexity index is 556. The Kier molecular flexibility index (Phi) is 3.80. The van der Waals surface area contributed by atoms with Crippen molar-refractivity contribution in [1.82, 2.24) is 10.3 Å². The van der Waals surface area contributed by atoms with Gasteiger partial charge in [-0.15, -0.1) is 0 Å². The lowest BCUT2D eigenvalue weighted by molar-refractivity contribution is 0.252. The van der Waals surface area contributed by atoms with Crippen molar-refractivity contribution in [2.45, 2.75) is 19.0 Å². The van der Waals surface area contributed by atoms with E-state index >= 15 is 0 Å². The van der Waals surface area contributed by atoms with Crippen LogP contribution >= 0.6 is 15.9 Å². The van der Waals surface area contributed by atoms with Crippen molar-refractivity contribution in [3.05, 3.63) is 58.3 Å². The van der Waals surface area contributed by atoms with Gasteiger partial charge in [-0.25, -0.2) is 0 Å². The normalized spacial score (nSPS) is 17.6. The van der Waals surface area contributed by atoms with E-state index in [1.807, 2.05) is 30.5 Å². The zero-order chi connectivity index (χ0) is 13.1. The van der Waals surface area contributed by atoms with Gasteiger partial charge in [-0.1, -0.05) is 18.2 Å². The zero-order valence-electron chi connectivity index (χ0n) is 10.5. The number of ether oxygens (including phenoxy) is 1. The van der Waals surface area contributed by atoms with Gasteiger partial charge in [0, 0.05) is 35.2 Å². The molecular formula is C15H15BrN2O. The number of halogens is 1. The molecule has 1 unspecified atom stereocenters. The molecule has 19 heavy (non-hydrogen) atoms. The monoisotopic (exact) mass is 318 g/mol. The molecule has 1 aromatic carbocycles. The van der Waals surface area contributed by atoms with Crippen LogP contribution in [0.1, 0.15) is 23.7 Å². The van der Waals surface area contributed by atoms with Gasteiger partial charge in [-0.05, 0) is 34.1 Å². The molecule has 0 aliphatic carbocycles. The molecule has 0 bridgehead atoms. The lowest BCUT2D eigenvalue weighted by Gasteiger charge is -2.26. The minimum Gasteiger partial charge on any atom is -0.493 e. The summed E-state index contributed by atoms with van der Waals surface area (Å²) >= 11 is 3.40. The molecule has 0 fully saturated rings. The number of benzene rings is 1. The lowest BCUT2D eigenvalue weighted by atomic mass is 10.0. The van der Waals surface area contributed by atoms with Gasteiger partial charge < -0.3 is 10.1 Å². The topological polar surface area (TPSA) is 34.1 Å². The van der Waals surface area contributed by atoms with Crippen LogP contribution in [0.25, 0.3) is 0 Å². The Labute approximate surface area is 121 Å². The van der Waals surface area contributed by atoms with Crippen molar-refractivity contribution in [3.8, 4) is 5.75 Å². The zero-order valence-corrected chi connectivity index (χ0v) is 12.1. The number of hydrogen-bond acceptors (Lipinski definition) is 3. The first-order valence-corrected chi connectivity index (χ1v) is 7.18. The summed E-state index contributed by atoms with van der Waals surface area (Å²) in [6.07, 6.45) is 2.82. The van der Waals surface area contributed by atoms with Gasteiger partial charge in [0.25, 0.3) is 0 Å². The fraction of sp³-hybridized carbons (Fsp3) is 0.267. The Morgan fingerprint density at radius 2 is 2.16 bits per heavy atom. The molecule has 0 saturated heterocycles. The van der Waals surface area contributed by atoms with Crippen LogP contribution in [-0.4, -0.2) is 11.6 Å². The highest BCUT2D eigenvalue weighted by atomic mass is 79.9. The number of nitrogens with zero attached hydrogens (tertiary/aromatic N) is 1. The minimum absolute atomic E-state index is 0.343. The standard InChI is InChI=1S/C15H15BrN2O/c16-11-5-6-12(17-9-11)10-18-14-7-8-19-15-4-2-1-3-13(14)15/h1-6,9,14,18H,7-8,10H2. The van der Waals surface area contributed by atoms with Crippen LogP contribution in [0.5, 0.6) is 5.75 Å². The van der Waals surface area contributed by atoms with Gasteiger partial charge >= 0.3 is 0 Å². The molecule has 3 nitrogen and oxygen atoms in total. The number of rotatable bonds is 3. The predicted octanol–water partition coefficient (Wildman–Crippen LogP) is 3.46. The van der Waals surface area contributed by atoms with Crippen molar-refractivity contribution in [3.63, 3.8) is 0 Å². The van der Waals surface area contributed by atoms with Crippen molar-refractivity contribution >= 4 is 15.9 Å². The van der Waals surface area contributed by atoms with E-state index in [1.54, 1.807) is 0 Å². The second-order valence-electron chi connectivity index (χ2n) is 4.58. The summed E-state index contributed by atoms with van der Waals surface area (Å²) in [5.74, 6) is 0.995. The number of fused-ring (bicyclic) bond motifs is 1. The van der Waals surface area contributed by atoms with Gasteiger partial charge in [-0.2, -0.15) is 0 Å². The Hall–Kier alpha value is -1.39. The van der Waals surface area contributed by atoms with Gasteiger partial charge in [0.15, 0.2) is 0 Å². The van der Waals surface area contributed by atoms with E-state index in [2.05, 4.69) is 38.4 Å². The van der Waals surface area contributed by atoms with Crippen molar-refractivity contribution in [1.29, 1.82) is 0 Å². The molecule has 2 aromatic rings. The van der Waals surface area contributed by atoms with Crippen LogP contribution in [-0.2, 0) is 6.54 Å². The molecule has 2 heterocycles. The van der Waals surface area contributed by atoms with Gasteiger partial charge in [-0.3, -0.25) is 4.98 Å². The highest BCUT2D eigenvalue weighted by Gasteiger charge is 2.20. The third kappa shape index (κ3) is 2.96. The summed E-state index contributed by atoms with van der Waals surface area (Å²) in [5.41, 5.74) is 2.29. The molecule has 98 valence electrons. The second-order valence-corrected chi connectivity index (χ2v) is 5.49. The SMILES string of the molecule is Brc1ccc(CNC2CCOc3ccccc32)nc1. The van der Waals surface area contributed by atoms with Crippen LogP contribution < -0.4 is 10.1 Å². The maximum Gasteiger partial charge on any atom is 0.124 e. The first-order chi connectivity index (χ1) is 9.33. The fourth-order valence-corrected chi connectivity index (χ4v) is 2.53. The van der Waals surface area contributed by atoms with Gasteiger partial charge in [0.2, 0.25) is 0 Å². The molecule has 4 heteroatoms. The quantitative estimate of drug-likeness (QED) is 0.941. The van der Waals surface area contributed by atoms with E-state index in [-0.39, 0.29) is 0 Å². The largest absolute Gasteiger partial charge is 0.493 e. The average Bonchev–Trinajstić information content (AvgIpc) is 2.47. The van der Waals surface area contributed by atoms with E-state index in [0.717, 1.165) is 35.5 Å². The molecule has 1 aliphatic heterocycles. The Morgan fingerprint density at radius 1 is 1.26 bits per heavy atom. The van der Waals surface area contributed by atoms with Crippen molar-refractivity contribution in [2.24, 2.45) is 0 Å². The van der Waals surface area contributed by atoms with E-state index in [0.29, 0.717) is 6.04 Å². The lowest BCUT2D eigenvalue weighted by Crippen LogP contribution is -2.27. The van der Waals surface area contributed by atoms with E-state index in [4.69, 9.17) is 4.74 Å². The minimum atomic E-state index is 0.343. The summed E-state index contributed by atoms with van der Waals surface area (Å²) in [6, 6.07) is 12.6. The molecule has 1 atom stereocenters. The van der Waals surface area contributed by atoms with Crippen LogP contribution in [0, 0.1) is 0 Å². The maximum absolute atomic E-state index is 5.66. The molecular weight excluding hydrogens is 304 g/mol. The van der Waals surface area contributed by atoms with Crippen LogP contribution in [0.15, 0.2) is 47.1 Å². The summed E-state index contributed by atoms with van der Waals surface area (Å²) < 4.78 is 6.67. The molecule has 1 aromatic heterocycles. The van der Waals surface area contributed by atoms with E-state index in [1.165, 1.54) is 5.56 Å². The molecule has 0 saturated carbocycles. The van der Waals surface area contributed by atoms with Gasteiger partial charge in [0.05, 0.1) is 12.3 Å². The molecule has 0 radical (unpaired) electrons. The summed E-state index contributed by atoms with van der Waals surface area (Å²) in [5, 5.41) is 3.56. The number of nitrogens with one attached hydrogen (secondary N) is 1. The molecule has 0 spiro atoms. The third-order valence-corrected chi connectivity index (χ3v) is 3.75. The first-order valence-electron chi connectivity index (χ1n) is 6.38. The van der Waals surface area contributed by atoms with E-state index in [9.17, 15) is 0 Å². The number of hydrogen-bond donors (Lipinski definition) is 1. The van der Waals surface area contributed by atoms with Crippen molar-refractivity contribution < 1.29 is 4.74 Å².